The molecule has 1 aliphatic heterocycles. The monoisotopic (exact) mass is 464 g/mol. The Balaban J connectivity index is 1.61. The van der Waals surface area contributed by atoms with Crippen LogP contribution in [-0.2, 0) is 14.8 Å². The highest BCUT2D eigenvalue weighted by Crippen LogP contribution is 2.35. The Labute approximate surface area is 182 Å². The number of hydrogen-bond donors (Lipinski definition) is 1. The number of carbonyl (C=O) groups excluding carboxylic acids is 1. The number of nitrogens with zero attached hydrogens (tertiary/aromatic N) is 3. The molecule has 0 bridgehead atoms. The molecular formula is C19H17ClN4O4S2. The van der Waals surface area contributed by atoms with E-state index in [4.69, 9.17) is 16.3 Å². The average molecular weight is 465 g/mol. The van der Waals surface area contributed by atoms with Crippen molar-refractivity contribution in [1.82, 2.24) is 10.2 Å². The SMILES string of the molecule is COc1ccc(S(=O)(=O)Nc2nnc(-c3ccc(Cl)cc3)s2)cc1N1CCCC1=O. The van der Waals surface area contributed by atoms with Crippen LogP contribution in [0, 0.1) is 0 Å². The molecule has 0 aliphatic carbocycles. The first-order chi connectivity index (χ1) is 14.4. The molecule has 1 aliphatic rings. The molecule has 1 amide bonds. The van der Waals surface area contributed by atoms with E-state index in [-0.39, 0.29) is 15.9 Å². The summed E-state index contributed by atoms with van der Waals surface area (Å²) in [5.41, 5.74) is 1.21. The van der Waals surface area contributed by atoms with E-state index in [2.05, 4.69) is 14.9 Å². The van der Waals surface area contributed by atoms with E-state index in [0.717, 1.165) is 23.3 Å². The number of benzene rings is 2. The lowest BCUT2D eigenvalue weighted by Crippen LogP contribution is -2.24. The van der Waals surface area contributed by atoms with Gasteiger partial charge in [-0.3, -0.25) is 9.52 Å². The number of hydrogen-bond acceptors (Lipinski definition) is 7. The average Bonchev–Trinajstić information content (AvgIpc) is 3.36. The van der Waals surface area contributed by atoms with E-state index in [9.17, 15) is 13.2 Å². The fraction of sp³-hybridized carbons (Fsp3) is 0.211. The minimum atomic E-state index is -3.94. The zero-order chi connectivity index (χ0) is 21.3. The minimum Gasteiger partial charge on any atom is -0.495 e. The zero-order valence-corrected chi connectivity index (χ0v) is 18.2. The Hall–Kier alpha value is -2.69. The third-order valence-electron chi connectivity index (χ3n) is 4.56. The fourth-order valence-corrected chi connectivity index (χ4v) is 5.22. The van der Waals surface area contributed by atoms with Crippen LogP contribution in [0.1, 0.15) is 12.8 Å². The van der Waals surface area contributed by atoms with E-state index in [0.29, 0.717) is 34.4 Å². The first kappa shape index (κ1) is 20.6. The van der Waals surface area contributed by atoms with Crippen LogP contribution < -0.4 is 14.4 Å². The van der Waals surface area contributed by atoms with E-state index in [1.165, 1.54) is 25.3 Å². The molecule has 0 saturated carbocycles. The van der Waals surface area contributed by atoms with Crippen LogP contribution in [0.15, 0.2) is 47.4 Å². The van der Waals surface area contributed by atoms with Crippen molar-refractivity contribution >= 4 is 49.7 Å². The molecule has 0 atom stereocenters. The summed E-state index contributed by atoms with van der Waals surface area (Å²) >= 11 is 7.00. The highest BCUT2D eigenvalue weighted by molar-refractivity contribution is 7.93. The molecule has 1 aromatic heterocycles. The highest BCUT2D eigenvalue weighted by Gasteiger charge is 2.27. The Morgan fingerprint density at radius 2 is 1.93 bits per heavy atom. The van der Waals surface area contributed by atoms with Crippen molar-refractivity contribution in [2.45, 2.75) is 17.7 Å². The first-order valence-corrected chi connectivity index (χ1v) is 11.7. The molecule has 0 spiro atoms. The van der Waals surface area contributed by atoms with Crippen molar-refractivity contribution in [3.05, 3.63) is 47.5 Å². The molecule has 2 heterocycles. The quantitative estimate of drug-likeness (QED) is 0.595. The van der Waals surface area contributed by atoms with E-state index >= 15 is 0 Å². The minimum absolute atomic E-state index is 0.00115. The number of nitrogens with one attached hydrogen (secondary N) is 1. The van der Waals surface area contributed by atoms with Gasteiger partial charge in [0.1, 0.15) is 10.8 Å². The number of amides is 1. The number of methoxy groups -OCH3 is 1. The van der Waals surface area contributed by atoms with Gasteiger partial charge in [0, 0.05) is 23.6 Å². The highest BCUT2D eigenvalue weighted by atomic mass is 35.5. The van der Waals surface area contributed by atoms with Gasteiger partial charge in [0.2, 0.25) is 11.0 Å². The molecule has 1 saturated heterocycles. The van der Waals surface area contributed by atoms with Crippen LogP contribution in [-0.4, -0.2) is 38.2 Å². The number of halogens is 1. The van der Waals surface area contributed by atoms with Gasteiger partial charge in [0.05, 0.1) is 17.7 Å². The van der Waals surface area contributed by atoms with Gasteiger partial charge in [-0.25, -0.2) is 8.42 Å². The van der Waals surface area contributed by atoms with Gasteiger partial charge in [0.15, 0.2) is 0 Å². The zero-order valence-electron chi connectivity index (χ0n) is 15.8. The third kappa shape index (κ3) is 4.11. The topological polar surface area (TPSA) is 101 Å². The fourth-order valence-electron chi connectivity index (χ4n) is 3.10. The molecular weight excluding hydrogens is 448 g/mol. The number of carbonyl (C=O) groups is 1. The maximum atomic E-state index is 12.9. The standard InChI is InChI=1S/C19H17ClN4O4S2/c1-28-16-9-8-14(11-15(16)24-10-2-3-17(24)25)30(26,27)23-19-22-21-18(29-19)12-4-6-13(20)7-5-12/h4-9,11H,2-3,10H2,1H3,(H,22,23). The molecule has 1 N–H and O–H groups in total. The summed E-state index contributed by atoms with van der Waals surface area (Å²) in [4.78, 5) is 13.7. The van der Waals surface area contributed by atoms with Gasteiger partial charge in [-0.1, -0.05) is 35.1 Å². The van der Waals surface area contributed by atoms with Gasteiger partial charge in [0.25, 0.3) is 10.0 Å². The third-order valence-corrected chi connectivity index (χ3v) is 7.17. The summed E-state index contributed by atoms with van der Waals surface area (Å²) in [5.74, 6) is 0.373. The van der Waals surface area contributed by atoms with E-state index < -0.39 is 10.0 Å². The van der Waals surface area contributed by atoms with Crippen molar-refractivity contribution < 1.29 is 17.9 Å². The molecule has 2 aromatic carbocycles. The van der Waals surface area contributed by atoms with Crippen LogP contribution in [0.5, 0.6) is 5.75 Å². The van der Waals surface area contributed by atoms with Gasteiger partial charge in [-0.05, 0) is 36.8 Å². The summed E-state index contributed by atoms with van der Waals surface area (Å²) in [6.07, 6.45) is 1.14. The molecule has 3 aromatic rings. The number of sulfonamides is 1. The molecule has 0 radical (unpaired) electrons. The predicted octanol–water partition coefficient (Wildman–Crippen LogP) is 3.79. The van der Waals surface area contributed by atoms with Gasteiger partial charge < -0.3 is 9.64 Å². The molecule has 0 unspecified atom stereocenters. The molecule has 30 heavy (non-hydrogen) atoms. The van der Waals surface area contributed by atoms with Crippen LogP contribution >= 0.6 is 22.9 Å². The number of ether oxygens (including phenoxy) is 1. The van der Waals surface area contributed by atoms with Crippen molar-refractivity contribution in [3.63, 3.8) is 0 Å². The number of aromatic nitrogens is 2. The Kier molecular flexibility index (Phi) is 5.63. The van der Waals surface area contributed by atoms with Crippen LogP contribution in [0.3, 0.4) is 0 Å². The maximum Gasteiger partial charge on any atom is 0.263 e. The van der Waals surface area contributed by atoms with Gasteiger partial charge in [-0.2, -0.15) is 0 Å². The largest absolute Gasteiger partial charge is 0.495 e. The first-order valence-electron chi connectivity index (χ1n) is 8.98. The van der Waals surface area contributed by atoms with Crippen molar-refractivity contribution in [2.75, 3.05) is 23.3 Å². The Morgan fingerprint density at radius 3 is 2.60 bits per heavy atom. The lowest BCUT2D eigenvalue weighted by Gasteiger charge is -2.19. The lowest BCUT2D eigenvalue weighted by molar-refractivity contribution is -0.117. The summed E-state index contributed by atoms with van der Waals surface area (Å²) in [5, 5.41) is 9.25. The molecule has 8 nitrogen and oxygen atoms in total. The van der Waals surface area contributed by atoms with Gasteiger partial charge >= 0.3 is 0 Å². The second-order valence-electron chi connectivity index (χ2n) is 6.51. The van der Waals surface area contributed by atoms with E-state index in [1.54, 1.807) is 29.2 Å². The second-order valence-corrected chi connectivity index (χ2v) is 9.60. The maximum absolute atomic E-state index is 12.9. The van der Waals surface area contributed by atoms with Crippen molar-refractivity contribution in [3.8, 4) is 16.3 Å². The van der Waals surface area contributed by atoms with Crippen LogP contribution in [0.25, 0.3) is 10.6 Å². The molecule has 4 rings (SSSR count). The lowest BCUT2D eigenvalue weighted by atomic mass is 10.2. The van der Waals surface area contributed by atoms with Crippen molar-refractivity contribution in [1.29, 1.82) is 0 Å². The van der Waals surface area contributed by atoms with Crippen LogP contribution in [0.2, 0.25) is 5.02 Å². The smallest absolute Gasteiger partial charge is 0.263 e. The predicted molar refractivity (Wildman–Crippen MR) is 116 cm³/mol. The summed E-state index contributed by atoms with van der Waals surface area (Å²) < 4.78 is 33.6. The summed E-state index contributed by atoms with van der Waals surface area (Å²) in [6, 6.07) is 11.4. The Bertz CT molecular complexity index is 1200. The van der Waals surface area contributed by atoms with E-state index in [1.807, 2.05) is 0 Å². The number of rotatable bonds is 6. The molecule has 11 heteroatoms. The summed E-state index contributed by atoms with van der Waals surface area (Å²) in [6.45, 7) is 0.521. The van der Waals surface area contributed by atoms with Gasteiger partial charge in [-0.15, -0.1) is 10.2 Å². The van der Waals surface area contributed by atoms with Crippen LogP contribution in [0.4, 0.5) is 10.8 Å². The second kappa shape index (κ2) is 8.21. The number of anilines is 2. The summed E-state index contributed by atoms with van der Waals surface area (Å²) in [7, 11) is -2.46. The van der Waals surface area contributed by atoms with Crippen molar-refractivity contribution in [2.24, 2.45) is 0 Å². The molecule has 156 valence electrons. The normalized spacial score (nSPS) is 14.2. The molecule has 1 fully saturated rings. The Morgan fingerprint density at radius 1 is 1.17 bits per heavy atom.